The third-order valence-corrected chi connectivity index (χ3v) is 3.59. The van der Waals surface area contributed by atoms with Crippen LogP contribution in [-0.4, -0.2) is 13.7 Å². The van der Waals surface area contributed by atoms with E-state index in [2.05, 4.69) is 22.1 Å². The van der Waals surface area contributed by atoms with Gasteiger partial charge in [-0.25, -0.2) is 0 Å². The molecule has 1 aromatic carbocycles. The summed E-state index contributed by atoms with van der Waals surface area (Å²) >= 11 is 7.70. The molecular weight excluding hydrogens is 266 g/mol. The van der Waals surface area contributed by atoms with Gasteiger partial charge in [0.15, 0.2) is 0 Å². The molecule has 4 heteroatoms. The number of hydrogen-bond donors (Lipinski definition) is 1. The van der Waals surface area contributed by atoms with E-state index in [-0.39, 0.29) is 0 Å². The zero-order valence-electron chi connectivity index (χ0n) is 10.3. The molecule has 0 saturated carbocycles. The van der Waals surface area contributed by atoms with Gasteiger partial charge in [-0.15, -0.1) is 0 Å². The molecule has 0 aliphatic heterocycles. The molecule has 0 aliphatic rings. The number of rotatable bonds is 6. The van der Waals surface area contributed by atoms with Gasteiger partial charge in [0, 0.05) is 23.6 Å². The van der Waals surface area contributed by atoms with Gasteiger partial charge in [0.2, 0.25) is 0 Å². The minimum absolute atomic E-state index is 0.690. The number of benzene rings is 1. The Kier molecular flexibility index (Phi) is 5.05. The zero-order valence-corrected chi connectivity index (χ0v) is 11.9. The average Bonchev–Trinajstić information content (AvgIpc) is 2.85. The lowest BCUT2D eigenvalue weighted by Crippen LogP contribution is -2.09. The highest BCUT2D eigenvalue weighted by Crippen LogP contribution is 2.23. The molecule has 0 unspecified atom stereocenters. The molecule has 0 saturated heterocycles. The van der Waals surface area contributed by atoms with Crippen LogP contribution in [0.15, 0.2) is 35.0 Å². The molecule has 0 atom stereocenters. The molecule has 1 N–H and O–H groups in total. The van der Waals surface area contributed by atoms with E-state index in [1.165, 1.54) is 5.56 Å². The summed E-state index contributed by atoms with van der Waals surface area (Å²) in [6, 6.07) is 7.87. The highest BCUT2D eigenvalue weighted by atomic mass is 35.5. The average molecular weight is 282 g/mol. The summed E-state index contributed by atoms with van der Waals surface area (Å²) in [5.41, 5.74) is 2.42. The quantitative estimate of drug-likeness (QED) is 0.871. The maximum atomic E-state index is 5.99. The molecule has 0 bridgehead atoms. The fourth-order valence-electron chi connectivity index (χ4n) is 1.73. The van der Waals surface area contributed by atoms with Crippen LogP contribution in [0.2, 0.25) is 5.02 Å². The minimum atomic E-state index is 0.690. The fraction of sp³-hybridized carbons (Fsp3) is 0.286. The summed E-state index contributed by atoms with van der Waals surface area (Å²) in [7, 11) is 1.91. The molecule has 2 nitrogen and oxygen atoms in total. The zero-order chi connectivity index (χ0) is 12.8. The van der Waals surface area contributed by atoms with Crippen molar-refractivity contribution in [3.8, 4) is 5.75 Å². The van der Waals surface area contributed by atoms with E-state index in [1.54, 1.807) is 11.3 Å². The van der Waals surface area contributed by atoms with Crippen LogP contribution in [0.25, 0.3) is 0 Å². The second-order valence-corrected chi connectivity index (χ2v) is 5.23. The molecule has 1 heterocycles. The van der Waals surface area contributed by atoms with Crippen LogP contribution in [0.3, 0.4) is 0 Å². The van der Waals surface area contributed by atoms with Crippen molar-refractivity contribution < 1.29 is 4.74 Å². The maximum Gasteiger partial charge on any atom is 0.123 e. The topological polar surface area (TPSA) is 21.3 Å². The molecular formula is C14H16ClNOS. The number of halogens is 1. The van der Waals surface area contributed by atoms with E-state index >= 15 is 0 Å². The Morgan fingerprint density at radius 3 is 2.94 bits per heavy atom. The first-order chi connectivity index (χ1) is 8.79. The number of hydrogen-bond acceptors (Lipinski definition) is 3. The van der Waals surface area contributed by atoms with Gasteiger partial charge in [0.1, 0.15) is 5.75 Å². The van der Waals surface area contributed by atoms with Crippen LogP contribution >= 0.6 is 22.9 Å². The smallest absolute Gasteiger partial charge is 0.123 e. The number of nitrogens with one attached hydrogen (secondary N) is 1. The van der Waals surface area contributed by atoms with Crippen molar-refractivity contribution in [3.63, 3.8) is 0 Å². The van der Waals surface area contributed by atoms with Gasteiger partial charge < -0.3 is 10.1 Å². The summed E-state index contributed by atoms with van der Waals surface area (Å²) in [5, 5.41) is 8.10. The Morgan fingerprint density at radius 2 is 2.22 bits per heavy atom. The van der Waals surface area contributed by atoms with E-state index < -0.39 is 0 Å². The van der Waals surface area contributed by atoms with Gasteiger partial charge in [-0.2, -0.15) is 11.3 Å². The first-order valence-electron chi connectivity index (χ1n) is 5.86. The Hall–Kier alpha value is -1.03. The molecule has 0 aliphatic carbocycles. The molecule has 1 aromatic heterocycles. The third-order valence-electron chi connectivity index (χ3n) is 2.62. The predicted molar refractivity (Wildman–Crippen MR) is 77.7 cm³/mol. The summed E-state index contributed by atoms with van der Waals surface area (Å²) < 4.78 is 5.82. The Labute approximate surface area is 117 Å². The van der Waals surface area contributed by atoms with Crippen LogP contribution in [0.4, 0.5) is 0 Å². The maximum absolute atomic E-state index is 5.99. The second-order valence-electron chi connectivity index (χ2n) is 4.01. The normalized spacial score (nSPS) is 10.6. The van der Waals surface area contributed by atoms with Crippen molar-refractivity contribution >= 4 is 22.9 Å². The van der Waals surface area contributed by atoms with Crippen molar-refractivity contribution in [2.24, 2.45) is 0 Å². The van der Waals surface area contributed by atoms with Crippen molar-refractivity contribution in [1.82, 2.24) is 5.32 Å². The van der Waals surface area contributed by atoms with E-state index in [1.807, 2.05) is 25.2 Å². The molecule has 0 radical (unpaired) electrons. The van der Waals surface area contributed by atoms with Crippen molar-refractivity contribution in [2.75, 3.05) is 13.7 Å². The minimum Gasteiger partial charge on any atom is -0.493 e. The Balaban J connectivity index is 1.95. The number of ether oxygens (including phenoxy) is 1. The SMILES string of the molecule is CNCc1cc(Cl)ccc1OCCc1ccsc1. The highest BCUT2D eigenvalue weighted by Gasteiger charge is 2.04. The summed E-state index contributed by atoms with van der Waals surface area (Å²) in [6.45, 7) is 1.45. The summed E-state index contributed by atoms with van der Waals surface area (Å²) in [4.78, 5) is 0. The molecule has 2 rings (SSSR count). The van der Waals surface area contributed by atoms with E-state index in [0.717, 1.165) is 29.3 Å². The van der Waals surface area contributed by atoms with Crippen LogP contribution in [0.5, 0.6) is 5.75 Å². The first-order valence-corrected chi connectivity index (χ1v) is 7.18. The van der Waals surface area contributed by atoms with Crippen LogP contribution in [0, 0.1) is 0 Å². The van der Waals surface area contributed by atoms with Gasteiger partial charge in [-0.3, -0.25) is 0 Å². The fourth-order valence-corrected chi connectivity index (χ4v) is 2.63. The Bertz CT molecular complexity index is 485. The van der Waals surface area contributed by atoms with Crippen LogP contribution < -0.4 is 10.1 Å². The van der Waals surface area contributed by atoms with Crippen LogP contribution in [-0.2, 0) is 13.0 Å². The third kappa shape index (κ3) is 3.73. The van der Waals surface area contributed by atoms with Gasteiger partial charge in [0.05, 0.1) is 6.61 Å². The highest BCUT2D eigenvalue weighted by molar-refractivity contribution is 7.07. The van der Waals surface area contributed by atoms with Crippen molar-refractivity contribution in [3.05, 3.63) is 51.2 Å². The molecule has 96 valence electrons. The van der Waals surface area contributed by atoms with Crippen molar-refractivity contribution in [1.29, 1.82) is 0 Å². The lowest BCUT2D eigenvalue weighted by Gasteiger charge is -2.11. The lowest BCUT2D eigenvalue weighted by atomic mass is 10.2. The summed E-state index contributed by atoms with van der Waals surface area (Å²) in [6.07, 6.45) is 0.936. The van der Waals surface area contributed by atoms with Gasteiger partial charge >= 0.3 is 0 Å². The van der Waals surface area contributed by atoms with E-state index in [9.17, 15) is 0 Å². The molecule has 18 heavy (non-hydrogen) atoms. The monoisotopic (exact) mass is 281 g/mol. The summed E-state index contributed by atoms with van der Waals surface area (Å²) in [5.74, 6) is 0.906. The van der Waals surface area contributed by atoms with E-state index in [4.69, 9.17) is 16.3 Å². The largest absolute Gasteiger partial charge is 0.493 e. The van der Waals surface area contributed by atoms with Gasteiger partial charge in [-0.1, -0.05) is 11.6 Å². The molecule has 0 fully saturated rings. The van der Waals surface area contributed by atoms with Crippen LogP contribution in [0.1, 0.15) is 11.1 Å². The lowest BCUT2D eigenvalue weighted by molar-refractivity contribution is 0.318. The standard InChI is InChI=1S/C14H16ClNOS/c1-16-9-12-8-13(15)2-3-14(12)17-6-4-11-5-7-18-10-11/h2-3,5,7-8,10,16H,4,6,9H2,1H3. The molecule has 2 aromatic rings. The molecule has 0 spiro atoms. The Morgan fingerprint density at radius 1 is 1.33 bits per heavy atom. The second kappa shape index (κ2) is 6.78. The number of thiophene rings is 1. The van der Waals surface area contributed by atoms with E-state index in [0.29, 0.717) is 6.61 Å². The predicted octanol–water partition coefficient (Wildman–Crippen LogP) is 3.74. The first kappa shape index (κ1) is 13.4. The molecule has 0 amide bonds. The van der Waals surface area contributed by atoms with Gasteiger partial charge in [0.25, 0.3) is 0 Å². The van der Waals surface area contributed by atoms with Crippen molar-refractivity contribution in [2.45, 2.75) is 13.0 Å². The van der Waals surface area contributed by atoms with Gasteiger partial charge in [-0.05, 0) is 47.6 Å².